The fourth-order valence-electron chi connectivity index (χ4n) is 2.17. The van der Waals surface area contributed by atoms with E-state index in [2.05, 4.69) is 26.0 Å². The normalized spacial score (nSPS) is 11.8. The average molecular weight is 323 g/mol. The van der Waals surface area contributed by atoms with E-state index in [1.807, 2.05) is 37.3 Å². The second-order valence-corrected chi connectivity index (χ2v) is 5.36. The maximum atomic E-state index is 12.2. The summed E-state index contributed by atoms with van der Waals surface area (Å²) in [4.78, 5) is 12.2. The van der Waals surface area contributed by atoms with Crippen molar-refractivity contribution in [2.75, 3.05) is 5.32 Å². The number of nitrogens with one attached hydrogen (secondary N) is 2. The molecule has 0 aliphatic heterocycles. The van der Waals surface area contributed by atoms with Crippen LogP contribution in [0, 0.1) is 6.92 Å². The first-order valence-electron chi connectivity index (χ1n) is 7.52. The van der Waals surface area contributed by atoms with Gasteiger partial charge in [-0.15, -0.1) is 10.2 Å². The van der Waals surface area contributed by atoms with E-state index in [1.54, 1.807) is 25.1 Å². The topological polar surface area (TPSA) is 92.9 Å². The van der Waals surface area contributed by atoms with Crippen LogP contribution in [0.15, 0.2) is 53.1 Å². The molecule has 0 fully saturated rings. The molecule has 0 aliphatic rings. The van der Waals surface area contributed by atoms with Crippen molar-refractivity contribution in [3.63, 3.8) is 0 Å². The van der Waals surface area contributed by atoms with Crippen LogP contribution < -0.4 is 10.6 Å². The minimum absolute atomic E-state index is 0.114. The molecule has 0 spiro atoms. The number of benzene rings is 1. The molecule has 2 aromatic heterocycles. The SMILES string of the molecule is Cc1cc(Nc2ccc(C(=O)NC(C)c3ccccc3)nn2)no1. The first-order chi connectivity index (χ1) is 11.6. The van der Waals surface area contributed by atoms with Crippen LogP contribution in [0.4, 0.5) is 11.6 Å². The first kappa shape index (κ1) is 15.7. The van der Waals surface area contributed by atoms with Gasteiger partial charge >= 0.3 is 0 Å². The number of nitrogens with zero attached hydrogens (tertiary/aromatic N) is 3. The molecule has 2 heterocycles. The summed E-state index contributed by atoms with van der Waals surface area (Å²) in [6, 6.07) is 14.6. The number of carbonyl (C=O) groups excluding carboxylic acids is 1. The molecule has 0 bridgehead atoms. The Hall–Kier alpha value is -3.22. The zero-order valence-electron chi connectivity index (χ0n) is 13.4. The number of hydrogen-bond donors (Lipinski definition) is 2. The summed E-state index contributed by atoms with van der Waals surface area (Å²) < 4.78 is 4.96. The lowest BCUT2D eigenvalue weighted by Crippen LogP contribution is -2.27. The smallest absolute Gasteiger partial charge is 0.272 e. The number of carbonyl (C=O) groups is 1. The molecule has 24 heavy (non-hydrogen) atoms. The summed E-state index contributed by atoms with van der Waals surface area (Å²) in [5, 5.41) is 17.6. The van der Waals surface area contributed by atoms with Crippen molar-refractivity contribution in [3.8, 4) is 0 Å². The van der Waals surface area contributed by atoms with E-state index in [4.69, 9.17) is 4.52 Å². The predicted molar refractivity (Wildman–Crippen MR) is 88.9 cm³/mol. The Balaban J connectivity index is 1.63. The van der Waals surface area contributed by atoms with Crippen LogP contribution >= 0.6 is 0 Å². The van der Waals surface area contributed by atoms with Gasteiger partial charge in [-0.25, -0.2) is 0 Å². The lowest BCUT2D eigenvalue weighted by molar-refractivity contribution is 0.0934. The van der Waals surface area contributed by atoms with Gasteiger partial charge in [-0.05, 0) is 31.5 Å². The van der Waals surface area contributed by atoms with E-state index in [1.165, 1.54) is 0 Å². The molecule has 3 rings (SSSR count). The van der Waals surface area contributed by atoms with Crippen molar-refractivity contribution in [1.82, 2.24) is 20.7 Å². The molecule has 7 nitrogen and oxygen atoms in total. The number of anilines is 2. The highest BCUT2D eigenvalue weighted by Crippen LogP contribution is 2.14. The van der Waals surface area contributed by atoms with Gasteiger partial charge in [-0.3, -0.25) is 4.79 Å². The highest BCUT2D eigenvalue weighted by molar-refractivity contribution is 5.92. The van der Waals surface area contributed by atoms with Gasteiger partial charge in [0.25, 0.3) is 5.91 Å². The lowest BCUT2D eigenvalue weighted by Gasteiger charge is -2.13. The predicted octanol–water partition coefficient (Wildman–Crippen LogP) is 3.01. The van der Waals surface area contributed by atoms with Gasteiger partial charge < -0.3 is 15.2 Å². The van der Waals surface area contributed by atoms with Crippen molar-refractivity contribution in [2.24, 2.45) is 0 Å². The number of aryl methyl sites for hydroxylation is 1. The molecule has 0 radical (unpaired) electrons. The van der Waals surface area contributed by atoms with Crippen LogP contribution in [-0.2, 0) is 0 Å². The quantitative estimate of drug-likeness (QED) is 0.750. The van der Waals surface area contributed by atoms with E-state index in [0.29, 0.717) is 17.4 Å². The third-order valence-electron chi connectivity index (χ3n) is 3.43. The molecule has 2 N–H and O–H groups in total. The molecule has 1 aromatic carbocycles. The third-order valence-corrected chi connectivity index (χ3v) is 3.43. The average Bonchev–Trinajstić information content (AvgIpc) is 3.01. The van der Waals surface area contributed by atoms with E-state index < -0.39 is 0 Å². The highest BCUT2D eigenvalue weighted by Gasteiger charge is 2.13. The summed E-state index contributed by atoms with van der Waals surface area (Å²) in [5.74, 6) is 1.44. The Bertz CT molecular complexity index is 815. The summed E-state index contributed by atoms with van der Waals surface area (Å²) in [6.07, 6.45) is 0. The molecule has 0 saturated heterocycles. The monoisotopic (exact) mass is 323 g/mol. The van der Waals surface area contributed by atoms with Gasteiger partial charge in [0.15, 0.2) is 17.3 Å². The third kappa shape index (κ3) is 3.75. The van der Waals surface area contributed by atoms with Gasteiger partial charge in [0.2, 0.25) is 0 Å². The number of amides is 1. The van der Waals surface area contributed by atoms with Gasteiger partial charge in [0.1, 0.15) is 5.76 Å². The molecular formula is C17H17N5O2. The van der Waals surface area contributed by atoms with Crippen LogP contribution in [-0.4, -0.2) is 21.3 Å². The van der Waals surface area contributed by atoms with Crippen molar-refractivity contribution >= 4 is 17.5 Å². The summed E-state index contributed by atoms with van der Waals surface area (Å²) in [6.45, 7) is 3.72. The minimum atomic E-state index is -0.275. The van der Waals surface area contributed by atoms with E-state index in [-0.39, 0.29) is 17.6 Å². The van der Waals surface area contributed by atoms with Crippen molar-refractivity contribution in [1.29, 1.82) is 0 Å². The first-order valence-corrected chi connectivity index (χ1v) is 7.52. The van der Waals surface area contributed by atoms with E-state index >= 15 is 0 Å². The zero-order chi connectivity index (χ0) is 16.9. The van der Waals surface area contributed by atoms with Crippen molar-refractivity contribution < 1.29 is 9.32 Å². The fourth-order valence-corrected chi connectivity index (χ4v) is 2.17. The zero-order valence-corrected chi connectivity index (χ0v) is 13.4. The molecule has 3 aromatic rings. The Kier molecular flexibility index (Phi) is 4.51. The van der Waals surface area contributed by atoms with Crippen LogP contribution in [0.1, 0.15) is 34.8 Å². The van der Waals surface area contributed by atoms with Crippen molar-refractivity contribution in [2.45, 2.75) is 19.9 Å². The Morgan fingerprint density at radius 3 is 2.50 bits per heavy atom. The molecule has 0 aliphatic carbocycles. The van der Waals surface area contributed by atoms with Gasteiger partial charge in [0.05, 0.1) is 6.04 Å². The van der Waals surface area contributed by atoms with Crippen LogP contribution in [0.2, 0.25) is 0 Å². The molecule has 1 atom stereocenters. The van der Waals surface area contributed by atoms with E-state index in [0.717, 1.165) is 5.56 Å². The molecular weight excluding hydrogens is 306 g/mol. The number of aromatic nitrogens is 3. The summed E-state index contributed by atoms with van der Waals surface area (Å²) >= 11 is 0. The summed E-state index contributed by atoms with van der Waals surface area (Å²) in [5.41, 5.74) is 1.28. The summed E-state index contributed by atoms with van der Waals surface area (Å²) in [7, 11) is 0. The van der Waals surface area contributed by atoms with Gasteiger partial charge in [0, 0.05) is 6.07 Å². The maximum Gasteiger partial charge on any atom is 0.272 e. The molecule has 7 heteroatoms. The van der Waals surface area contributed by atoms with Crippen LogP contribution in [0.5, 0.6) is 0 Å². The Labute approximate surface area is 139 Å². The Morgan fingerprint density at radius 2 is 1.88 bits per heavy atom. The number of rotatable bonds is 5. The Morgan fingerprint density at radius 1 is 1.08 bits per heavy atom. The molecule has 1 amide bonds. The number of hydrogen-bond acceptors (Lipinski definition) is 6. The maximum absolute atomic E-state index is 12.2. The standard InChI is InChI=1S/C17H17N5O2/c1-11-10-16(22-24-11)19-15-9-8-14(20-21-15)17(23)18-12(2)13-6-4-3-5-7-13/h3-10,12H,1-2H3,(H,18,23)(H,19,21,22). The minimum Gasteiger partial charge on any atom is -0.360 e. The van der Waals surface area contributed by atoms with E-state index in [9.17, 15) is 4.79 Å². The van der Waals surface area contributed by atoms with Crippen molar-refractivity contribution in [3.05, 3.63) is 65.5 Å². The fraction of sp³-hybridized carbons (Fsp3) is 0.176. The molecule has 0 saturated carbocycles. The second-order valence-electron chi connectivity index (χ2n) is 5.36. The highest BCUT2D eigenvalue weighted by atomic mass is 16.5. The van der Waals surface area contributed by atoms with Gasteiger partial charge in [-0.2, -0.15) is 0 Å². The van der Waals surface area contributed by atoms with Crippen LogP contribution in [0.25, 0.3) is 0 Å². The lowest BCUT2D eigenvalue weighted by atomic mass is 10.1. The largest absolute Gasteiger partial charge is 0.360 e. The van der Waals surface area contributed by atoms with Gasteiger partial charge in [-0.1, -0.05) is 35.5 Å². The molecule has 1 unspecified atom stereocenters. The van der Waals surface area contributed by atoms with Crippen LogP contribution in [0.3, 0.4) is 0 Å². The molecule has 122 valence electrons. The second kappa shape index (κ2) is 6.91.